The van der Waals surface area contributed by atoms with Gasteiger partial charge in [0.2, 0.25) is 0 Å². The molecule has 6 rings (SSSR count). The Morgan fingerprint density at radius 3 is 2.37 bits per heavy atom. The topological polar surface area (TPSA) is 54.4 Å². The van der Waals surface area contributed by atoms with E-state index in [2.05, 4.69) is 82.3 Å². The average Bonchev–Trinajstić information content (AvgIpc) is 3.29. The molecule has 1 aromatic carbocycles. The van der Waals surface area contributed by atoms with E-state index in [1.54, 1.807) is 0 Å². The molecule has 5 saturated carbocycles. The van der Waals surface area contributed by atoms with Crippen LogP contribution in [0.5, 0.6) is 0 Å². The van der Waals surface area contributed by atoms with Crippen molar-refractivity contribution in [2.24, 2.45) is 56.7 Å². The number of aliphatic carboxylic acids is 1. The van der Waals surface area contributed by atoms with Gasteiger partial charge in [0, 0.05) is 9.89 Å². The van der Waals surface area contributed by atoms with Gasteiger partial charge in [0.15, 0.2) is 5.78 Å². The number of carboxylic acids is 1. The molecule has 1 aromatic rings. The van der Waals surface area contributed by atoms with E-state index < -0.39 is 16.8 Å². The van der Waals surface area contributed by atoms with Gasteiger partial charge in [0.1, 0.15) is 0 Å². The number of Topliss-reactive ketones (excluding diaryl/α,β-unsaturated/α-hetero) is 1. The van der Waals surface area contributed by atoms with Crippen molar-refractivity contribution in [3.63, 3.8) is 0 Å². The van der Waals surface area contributed by atoms with E-state index in [1.807, 2.05) is 12.1 Å². The summed E-state index contributed by atoms with van der Waals surface area (Å²) in [7, 11) is 0. The van der Waals surface area contributed by atoms with E-state index in [0.717, 1.165) is 73.4 Å². The van der Waals surface area contributed by atoms with Crippen LogP contribution in [-0.4, -0.2) is 16.9 Å². The molecule has 41 heavy (non-hydrogen) atoms. The van der Waals surface area contributed by atoms with Crippen LogP contribution in [0.15, 0.2) is 46.5 Å². The number of allylic oxidation sites excluding steroid dienone is 2. The van der Waals surface area contributed by atoms with Crippen molar-refractivity contribution in [1.29, 1.82) is 0 Å². The molecule has 0 amide bonds. The SMILES string of the molecule is C=C(C)[C@@H]1CC[C@]2(C(=O)O)CC[C@]3(C)[C@H](CC[C@@H]4[C@@]5(C)C/C(=C\c6cccc(Br)c6)C(=O)C(C)(C)[C@@H]5CC[C@]43C)[C@@H]12. The molecule has 4 heteroatoms. The monoisotopic (exact) mass is 620 g/mol. The number of halogens is 1. The highest BCUT2D eigenvalue weighted by Gasteiger charge is 2.72. The third-order valence-electron chi connectivity index (χ3n) is 14.3. The summed E-state index contributed by atoms with van der Waals surface area (Å²) >= 11 is 3.61. The number of fused-ring (bicyclic) bond motifs is 7. The standard InChI is InChI=1S/C37H49BrO3/c1-22(2)26-13-16-37(32(40)41)18-17-35(6)27(30(26)37)11-12-29-34(5)21-24(19-23-9-8-10-25(38)20-23)31(39)33(3,4)28(34)14-15-36(29,35)7/h8-10,19-20,26-30H,1,11-18,21H2,2-7H3,(H,40,41)/b24-19+/t26-,27+,28-,29+,30+,34-,35+,36+,37-/m0/s1. The number of benzene rings is 1. The Morgan fingerprint density at radius 1 is 0.976 bits per heavy atom. The van der Waals surface area contributed by atoms with Gasteiger partial charge in [-0.15, -0.1) is 0 Å². The van der Waals surface area contributed by atoms with Gasteiger partial charge >= 0.3 is 5.97 Å². The van der Waals surface area contributed by atoms with Crippen LogP contribution in [-0.2, 0) is 9.59 Å². The van der Waals surface area contributed by atoms with Crippen LogP contribution in [0.1, 0.15) is 105 Å². The lowest BCUT2D eigenvalue weighted by Gasteiger charge is -2.72. The molecule has 0 radical (unpaired) electrons. The lowest BCUT2D eigenvalue weighted by molar-refractivity contribution is -0.231. The van der Waals surface area contributed by atoms with Gasteiger partial charge in [-0.3, -0.25) is 9.59 Å². The Bertz CT molecular complexity index is 1340. The summed E-state index contributed by atoms with van der Waals surface area (Å²) in [5.41, 5.74) is 2.50. The van der Waals surface area contributed by atoms with E-state index in [9.17, 15) is 14.7 Å². The molecule has 0 spiro atoms. The highest BCUT2D eigenvalue weighted by Crippen LogP contribution is 2.77. The molecule has 0 aromatic heterocycles. The first-order chi connectivity index (χ1) is 19.1. The molecule has 0 unspecified atom stereocenters. The highest BCUT2D eigenvalue weighted by atomic mass is 79.9. The second kappa shape index (κ2) is 9.41. The van der Waals surface area contributed by atoms with Crippen LogP contribution in [0.4, 0.5) is 0 Å². The molecular formula is C37H49BrO3. The number of carboxylic acid groups (broad SMARTS) is 1. The molecule has 3 nitrogen and oxygen atoms in total. The minimum Gasteiger partial charge on any atom is -0.481 e. The third-order valence-corrected chi connectivity index (χ3v) is 14.8. The van der Waals surface area contributed by atoms with Crippen LogP contribution in [0.25, 0.3) is 6.08 Å². The number of carbonyl (C=O) groups excluding carboxylic acids is 1. The number of hydrogen-bond donors (Lipinski definition) is 1. The molecule has 222 valence electrons. The Kier molecular flexibility index (Phi) is 6.74. The molecule has 0 aliphatic heterocycles. The third kappa shape index (κ3) is 3.87. The van der Waals surface area contributed by atoms with Gasteiger partial charge in [0.05, 0.1) is 5.41 Å². The fourth-order valence-electron chi connectivity index (χ4n) is 12.3. The molecule has 0 heterocycles. The summed E-state index contributed by atoms with van der Waals surface area (Å²) < 4.78 is 1.03. The van der Waals surface area contributed by atoms with E-state index in [0.29, 0.717) is 29.5 Å². The Balaban J connectivity index is 1.42. The zero-order valence-corrected chi connectivity index (χ0v) is 27.6. The van der Waals surface area contributed by atoms with Gasteiger partial charge in [0.25, 0.3) is 0 Å². The van der Waals surface area contributed by atoms with Crippen LogP contribution in [0, 0.1) is 56.7 Å². The minimum absolute atomic E-state index is 0.0288. The van der Waals surface area contributed by atoms with Crippen molar-refractivity contribution in [1.82, 2.24) is 0 Å². The van der Waals surface area contributed by atoms with Crippen molar-refractivity contribution < 1.29 is 14.7 Å². The fourth-order valence-corrected chi connectivity index (χ4v) is 12.7. The summed E-state index contributed by atoms with van der Waals surface area (Å²) in [5, 5.41) is 10.6. The minimum atomic E-state index is -0.586. The molecule has 5 aliphatic carbocycles. The predicted octanol–water partition coefficient (Wildman–Crippen LogP) is 9.75. The molecule has 0 bridgehead atoms. The van der Waals surface area contributed by atoms with Crippen molar-refractivity contribution in [2.45, 2.75) is 99.3 Å². The second-order valence-electron chi connectivity index (χ2n) is 16.1. The number of hydrogen-bond acceptors (Lipinski definition) is 2. The zero-order valence-electron chi connectivity index (χ0n) is 26.0. The molecular weight excluding hydrogens is 572 g/mol. The van der Waals surface area contributed by atoms with E-state index in [-0.39, 0.29) is 22.2 Å². The summed E-state index contributed by atoms with van der Waals surface area (Å²) in [4.78, 5) is 27.0. The summed E-state index contributed by atoms with van der Waals surface area (Å²) in [6, 6.07) is 8.28. The first-order valence-electron chi connectivity index (χ1n) is 16.0. The number of ketones is 1. The zero-order chi connectivity index (χ0) is 29.8. The van der Waals surface area contributed by atoms with Gasteiger partial charge in [-0.25, -0.2) is 0 Å². The summed E-state index contributed by atoms with van der Waals surface area (Å²) in [6.07, 6.45) is 11.0. The Morgan fingerprint density at radius 2 is 1.71 bits per heavy atom. The second-order valence-corrected chi connectivity index (χ2v) is 17.0. The maximum atomic E-state index is 14.0. The van der Waals surface area contributed by atoms with Crippen LogP contribution in [0.3, 0.4) is 0 Å². The molecule has 9 atom stereocenters. The maximum absolute atomic E-state index is 14.0. The van der Waals surface area contributed by atoms with Gasteiger partial charge < -0.3 is 5.11 Å². The van der Waals surface area contributed by atoms with Crippen molar-refractivity contribution in [3.8, 4) is 0 Å². The van der Waals surface area contributed by atoms with Crippen LogP contribution < -0.4 is 0 Å². The van der Waals surface area contributed by atoms with Crippen LogP contribution >= 0.6 is 15.9 Å². The predicted molar refractivity (Wildman–Crippen MR) is 169 cm³/mol. The van der Waals surface area contributed by atoms with E-state index >= 15 is 0 Å². The Labute approximate surface area is 255 Å². The number of rotatable bonds is 3. The van der Waals surface area contributed by atoms with Gasteiger partial charge in [-0.1, -0.05) is 74.8 Å². The van der Waals surface area contributed by atoms with Crippen molar-refractivity contribution in [3.05, 3.63) is 52.0 Å². The summed E-state index contributed by atoms with van der Waals surface area (Å²) in [6.45, 7) is 18.6. The molecule has 1 N–H and O–H groups in total. The van der Waals surface area contributed by atoms with Gasteiger partial charge in [-0.2, -0.15) is 0 Å². The smallest absolute Gasteiger partial charge is 0.309 e. The Hall–Kier alpha value is -1.68. The molecule has 5 aliphatic rings. The fraction of sp³-hybridized carbons (Fsp3) is 0.676. The lowest BCUT2D eigenvalue weighted by atomic mass is 9.32. The lowest BCUT2D eigenvalue weighted by Crippen LogP contribution is -2.67. The largest absolute Gasteiger partial charge is 0.481 e. The van der Waals surface area contributed by atoms with E-state index in [1.165, 1.54) is 5.57 Å². The van der Waals surface area contributed by atoms with Gasteiger partial charge in [-0.05, 0) is 140 Å². The number of carbonyl (C=O) groups is 2. The molecule has 0 saturated heterocycles. The normalized spacial score (nSPS) is 45.8. The first-order valence-corrected chi connectivity index (χ1v) is 16.8. The molecule has 5 fully saturated rings. The maximum Gasteiger partial charge on any atom is 0.309 e. The van der Waals surface area contributed by atoms with Crippen molar-refractivity contribution >= 4 is 33.8 Å². The average molecular weight is 622 g/mol. The first kappa shape index (κ1) is 29.4. The van der Waals surface area contributed by atoms with Crippen molar-refractivity contribution in [2.75, 3.05) is 0 Å². The highest BCUT2D eigenvalue weighted by molar-refractivity contribution is 9.10. The quantitative estimate of drug-likeness (QED) is 0.270. The van der Waals surface area contributed by atoms with E-state index in [4.69, 9.17) is 0 Å². The van der Waals surface area contributed by atoms with Crippen LogP contribution in [0.2, 0.25) is 0 Å². The summed E-state index contributed by atoms with van der Waals surface area (Å²) in [5.74, 6) is 1.54.